The number of hydrogen-bond acceptors (Lipinski definition) is 7. The minimum absolute atomic E-state index is 0.0812. The van der Waals surface area contributed by atoms with Crippen LogP contribution < -0.4 is 21.7 Å². The van der Waals surface area contributed by atoms with Gasteiger partial charge in [-0.25, -0.2) is 4.79 Å². The van der Waals surface area contributed by atoms with Crippen LogP contribution in [0.1, 0.15) is 53.9 Å². The molecular weight excluding hydrogens is 424 g/mol. The van der Waals surface area contributed by atoms with Crippen LogP contribution in [0.3, 0.4) is 0 Å². The zero-order valence-corrected chi connectivity index (χ0v) is 19.1. The maximum absolute atomic E-state index is 12.7. The van der Waals surface area contributed by atoms with Crippen LogP contribution in [0.2, 0.25) is 0 Å². The monoisotopic (exact) mass is 460 g/mol. The van der Waals surface area contributed by atoms with Crippen molar-refractivity contribution in [2.45, 2.75) is 84.2 Å². The second kappa shape index (κ2) is 13.6. The summed E-state index contributed by atoms with van der Waals surface area (Å²) in [5.41, 5.74) is 5.77. The van der Waals surface area contributed by atoms with Gasteiger partial charge in [-0.2, -0.15) is 0 Å². The largest absolute Gasteiger partial charge is 0.481 e. The molecule has 0 saturated carbocycles. The Morgan fingerprint density at radius 3 is 1.75 bits per heavy atom. The van der Waals surface area contributed by atoms with Crippen molar-refractivity contribution in [2.75, 3.05) is 0 Å². The minimum Gasteiger partial charge on any atom is -0.481 e. The van der Waals surface area contributed by atoms with Gasteiger partial charge >= 0.3 is 11.9 Å². The van der Waals surface area contributed by atoms with E-state index in [1.165, 1.54) is 6.92 Å². The molecule has 12 nitrogen and oxygen atoms in total. The summed E-state index contributed by atoms with van der Waals surface area (Å²) in [7, 11) is 0. The summed E-state index contributed by atoms with van der Waals surface area (Å²) in [4.78, 5) is 59.7. The Morgan fingerprint density at radius 1 is 0.812 bits per heavy atom. The first kappa shape index (κ1) is 29.3. The quantitative estimate of drug-likeness (QED) is 0.166. The zero-order valence-electron chi connectivity index (χ0n) is 19.1. The van der Waals surface area contributed by atoms with Crippen molar-refractivity contribution in [3.63, 3.8) is 0 Å². The van der Waals surface area contributed by atoms with Gasteiger partial charge in [0, 0.05) is 6.42 Å². The van der Waals surface area contributed by atoms with Gasteiger partial charge in [-0.1, -0.05) is 27.7 Å². The number of carbonyl (C=O) groups is 5. The lowest BCUT2D eigenvalue weighted by Crippen LogP contribution is -2.60. The summed E-state index contributed by atoms with van der Waals surface area (Å²) in [6.45, 7) is 8.28. The average molecular weight is 461 g/mol. The number of nitrogens with one attached hydrogen (secondary N) is 3. The number of amides is 3. The molecule has 8 N–H and O–H groups in total. The number of aliphatic carboxylic acids is 2. The number of aliphatic hydroxyl groups is 1. The Morgan fingerprint density at radius 2 is 1.34 bits per heavy atom. The van der Waals surface area contributed by atoms with Crippen molar-refractivity contribution in [3.8, 4) is 0 Å². The summed E-state index contributed by atoms with van der Waals surface area (Å²) in [6, 6.07) is -4.94. The van der Waals surface area contributed by atoms with Gasteiger partial charge in [-0.15, -0.1) is 0 Å². The van der Waals surface area contributed by atoms with Gasteiger partial charge in [0.15, 0.2) is 0 Å². The highest BCUT2D eigenvalue weighted by atomic mass is 16.4. The van der Waals surface area contributed by atoms with E-state index in [1.807, 2.05) is 0 Å². The van der Waals surface area contributed by atoms with Crippen molar-refractivity contribution in [1.82, 2.24) is 16.0 Å². The lowest BCUT2D eigenvalue weighted by molar-refractivity contribution is -0.143. The summed E-state index contributed by atoms with van der Waals surface area (Å²) >= 11 is 0. The first-order valence-corrected chi connectivity index (χ1v) is 10.5. The molecule has 0 aromatic heterocycles. The van der Waals surface area contributed by atoms with Gasteiger partial charge in [0.2, 0.25) is 17.7 Å². The van der Waals surface area contributed by atoms with Crippen molar-refractivity contribution >= 4 is 29.7 Å². The number of carboxylic acids is 2. The molecule has 0 rings (SSSR count). The van der Waals surface area contributed by atoms with E-state index in [0.717, 1.165) is 0 Å². The first-order chi connectivity index (χ1) is 14.7. The molecule has 32 heavy (non-hydrogen) atoms. The standard InChI is InChI=1S/C20H36N4O8/c1-9(2)8-13(17(28)22-12(20(31)32)6-7-14(26)27)23-19(30)16(11(5)25)24-18(29)15(21)10(3)4/h9-13,15-16,25H,6-8,21H2,1-5H3,(H,22,28)(H,23,30)(H,24,29)(H,26,27)(H,31,32). The molecule has 5 atom stereocenters. The molecule has 0 spiro atoms. The molecule has 0 aliphatic heterocycles. The molecule has 0 aliphatic rings. The highest BCUT2D eigenvalue weighted by molar-refractivity contribution is 5.94. The molecular formula is C20H36N4O8. The molecule has 0 radical (unpaired) electrons. The maximum atomic E-state index is 12.7. The SMILES string of the molecule is CC(C)CC(NC(=O)C(NC(=O)C(N)C(C)C)C(C)O)C(=O)NC(CCC(=O)O)C(=O)O. The third-order valence-corrected chi connectivity index (χ3v) is 4.69. The Kier molecular flexibility index (Phi) is 12.5. The van der Waals surface area contributed by atoms with Gasteiger partial charge in [0.25, 0.3) is 0 Å². The van der Waals surface area contributed by atoms with Crippen LogP contribution in [-0.2, 0) is 24.0 Å². The van der Waals surface area contributed by atoms with Gasteiger partial charge in [0.05, 0.1) is 12.1 Å². The number of nitrogens with two attached hydrogens (primary N) is 1. The van der Waals surface area contributed by atoms with E-state index in [9.17, 15) is 34.2 Å². The van der Waals surface area contributed by atoms with E-state index in [0.29, 0.717) is 0 Å². The highest BCUT2D eigenvalue weighted by Gasteiger charge is 2.33. The van der Waals surface area contributed by atoms with Crippen LogP contribution in [0.5, 0.6) is 0 Å². The van der Waals surface area contributed by atoms with E-state index in [1.54, 1.807) is 27.7 Å². The Bertz CT molecular complexity index is 681. The van der Waals surface area contributed by atoms with Crippen LogP contribution >= 0.6 is 0 Å². The number of hydrogen-bond donors (Lipinski definition) is 7. The van der Waals surface area contributed by atoms with Crippen molar-refractivity contribution in [3.05, 3.63) is 0 Å². The average Bonchev–Trinajstić information content (AvgIpc) is 2.66. The van der Waals surface area contributed by atoms with Gasteiger partial charge in [-0.05, 0) is 31.6 Å². The Hall–Kier alpha value is -2.73. The summed E-state index contributed by atoms with van der Waals surface area (Å²) in [5.74, 6) is -5.24. The van der Waals surface area contributed by atoms with Crippen LogP contribution in [-0.4, -0.2) is 75.3 Å². The van der Waals surface area contributed by atoms with Gasteiger partial charge in [-0.3, -0.25) is 19.2 Å². The van der Waals surface area contributed by atoms with Crippen LogP contribution in [0.25, 0.3) is 0 Å². The molecule has 184 valence electrons. The molecule has 0 aromatic carbocycles. The zero-order chi connectivity index (χ0) is 25.2. The second-order valence-corrected chi connectivity index (χ2v) is 8.52. The summed E-state index contributed by atoms with van der Waals surface area (Å²) in [5, 5.41) is 35.0. The van der Waals surface area contributed by atoms with Crippen LogP contribution in [0, 0.1) is 11.8 Å². The normalized spacial score (nSPS) is 15.9. The molecule has 0 bridgehead atoms. The number of carboxylic acid groups (broad SMARTS) is 2. The summed E-state index contributed by atoms with van der Waals surface area (Å²) < 4.78 is 0. The van der Waals surface area contributed by atoms with E-state index in [-0.39, 0.29) is 24.7 Å². The van der Waals surface area contributed by atoms with Crippen LogP contribution in [0.15, 0.2) is 0 Å². The van der Waals surface area contributed by atoms with Gasteiger partial charge in [0.1, 0.15) is 18.1 Å². The second-order valence-electron chi connectivity index (χ2n) is 8.52. The topological polar surface area (TPSA) is 208 Å². The molecule has 0 saturated heterocycles. The molecule has 0 aromatic rings. The molecule has 5 unspecified atom stereocenters. The molecule has 3 amide bonds. The first-order valence-electron chi connectivity index (χ1n) is 10.5. The molecule has 0 heterocycles. The van der Waals surface area contributed by atoms with E-state index in [2.05, 4.69) is 16.0 Å². The predicted octanol–water partition coefficient (Wildman–Crippen LogP) is -1.20. The molecule has 12 heteroatoms. The third-order valence-electron chi connectivity index (χ3n) is 4.69. The molecule has 0 fully saturated rings. The fraction of sp³-hybridized carbons (Fsp3) is 0.750. The predicted molar refractivity (Wildman–Crippen MR) is 114 cm³/mol. The van der Waals surface area contributed by atoms with Crippen LogP contribution in [0.4, 0.5) is 0 Å². The van der Waals surface area contributed by atoms with Crippen molar-refractivity contribution < 1.29 is 39.3 Å². The number of aliphatic hydroxyl groups excluding tert-OH is 1. The fourth-order valence-electron chi connectivity index (χ4n) is 2.72. The number of rotatable bonds is 14. The van der Waals surface area contributed by atoms with Crippen molar-refractivity contribution in [2.24, 2.45) is 17.6 Å². The van der Waals surface area contributed by atoms with E-state index >= 15 is 0 Å². The Labute approximate surface area is 187 Å². The van der Waals surface area contributed by atoms with E-state index in [4.69, 9.17) is 10.8 Å². The fourth-order valence-corrected chi connectivity index (χ4v) is 2.72. The number of carbonyl (C=O) groups excluding carboxylic acids is 3. The Balaban J connectivity index is 5.45. The van der Waals surface area contributed by atoms with E-state index < -0.39 is 66.4 Å². The lowest BCUT2D eigenvalue weighted by Gasteiger charge is -2.27. The molecule has 0 aliphatic carbocycles. The highest BCUT2D eigenvalue weighted by Crippen LogP contribution is 2.08. The minimum atomic E-state index is -1.46. The van der Waals surface area contributed by atoms with Gasteiger partial charge < -0.3 is 37.0 Å². The lowest BCUT2D eigenvalue weighted by atomic mass is 10.0. The third kappa shape index (κ3) is 10.5. The van der Waals surface area contributed by atoms with Crippen molar-refractivity contribution in [1.29, 1.82) is 0 Å². The maximum Gasteiger partial charge on any atom is 0.326 e. The summed E-state index contributed by atoms with van der Waals surface area (Å²) in [6.07, 6.45) is -1.97. The smallest absolute Gasteiger partial charge is 0.326 e.